The normalized spacial score (nSPS) is 16.9. The van der Waals surface area contributed by atoms with E-state index in [1.807, 2.05) is 66.7 Å². The molecular formula is C28H31N5O3. The molecule has 2 amide bonds. The minimum Gasteiger partial charge on any atom is -0.495 e. The van der Waals surface area contributed by atoms with Crippen molar-refractivity contribution >= 4 is 34.6 Å². The third-order valence-corrected chi connectivity index (χ3v) is 6.12. The maximum Gasteiger partial charge on any atom is 0.300 e. The Morgan fingerprint density at radius 1 is 1.00 bits per heavy atom. The number of para-hydroxylation sites is 1. The van der Waals surface area contributed by atoms with Crippen LogP contribution in [0, 0.1) is 0 Å². The van der Waals surface area contributed by atoms with Gasteiger partial charge in [0.15, 0.2) is 0 Å². The number of hydrogen-bond donors (Lipinski definition) is 2. The fourth-order valence-corrected chi connectivity index (χ4v) is 4.39. The SMILES string of the molecule is CCN(CC)c1ccc(NC2(NC(C)=O)C(=O)N(c3ccccc3)N=C2c2ccccc2)c(OC)c1. The maximum absolute atomic E-state index is 14.1. The van der Waals surface area contributed by atoms with Gasteiger partial charge in [-0.3, -0.25) is 9.59 Å². The number of hydrazone groups is 1. The molecule has 1 aliphatic rings. The van der Waals surface area contributed by atoms with Gasteiger partial charge in [-0.2, -0.15) is 10.1 Å². The van der Waals surface area contributed by atoms with Crippen LogP contribution in [0.3, 0.4) is 0 Å². The molecule has 186 valence electrons. The van der Waals surface area contributed by atoms with Crippen molar-refractivity contribution in [1.82, 2.24) is 5.32 Å². The number of carbonyl (C=O) groups excluding carboxylic acids is 2. The van der Waals surface area contributed by atoms with Gasteiger partial charge in [0.05, 0.1) is 18.5 Å². The summed E-state index contributed by atoms with van der Waals surface area (Å²) < 4.78 is 5.71. The lowest BCUT2D eigenvalue weighted by Crippen LogP contribution is -2.64. The van der Waals surface area contributed by atoms with Gasteiger partial charge in [0.1, 0.15) is 11.5 Å². The Morgan fingerprint density at radius 3 is 2.22 bits per heavy atom. The molecule has 0 fully saturated rings. The molecule has 0 radical (unpaired) electrons. The van der Waals surface area contributed by atoms with Gasteiger partial charge in [0.2, 0.25) is 11.6 Å². The van der Waals surface area contributed by atoms with Crippen LogP contribution < -0.4 is 25.3 Å². The minimum atomic E-state index is -1.66. The molecule has 1 heterocycles. The van der Waals surface area contributed by atoms with E-state index < -0.39 is 11.6 Å². The third kappa shape index (κ3) is 4.62. The van der Waals surface area contributed by atoms with E-state index in [9.17, 15) is 9.59 Å². The van der Waals surface area contributed by atoms with Crippen molar-refractivity contribution in [2.75, 3.05) is 35.4 Å². The van der Waals surface area contributed by atoms with E-state index in [0.29, 0.717) is 28.4 Å². The molecule has 3 aromatic carbocycles. The highest BCUT2D eigenvalue weighted by Gasteiger charge is 2.53. The zero-order chi connectivity index (χ0) is 25.7. The molecule has 0 aromatic heterocycles. The van der Waals surface area contributed by atoms with Crippen LogP contribution in [0.15, 0.2) is 84.0 Å². The van der Waals surface area contributed by atoms with Gasteiger partial charge in [-0.05, 0) is 38.1 Å². The molecule has 1 aliphatic heterocycles. The number of rotatable bonds is 9. The van der Waals surface area contributed by atoms with Crippen LogP contribution in [0.5, 0.6) is 5.75 Å². The molecule has 4 rings (SSSR count). The summed E-state index contributed by atoms with van der Waals surface area (Å²) >= 11 is 0. The molecule has 3 aromatic rings. The average Bonchev–Trinajstić information content (AvgIpc) is 3.17. The van der Waals surface area contributed by atoms with Crippen molar-refractivity contribution in [3.63, 3.8) is 0 Å². The van der Waals surface area contributed by atoms with Crippen LogP contribution in [-0.2, 0) is 9.59 Å². The lowest BCUT2D eigenvalue weighted by molar-refractivity contribution is -0.127. The van der Waals surface area contributed by atoms with Crippen molar-refractivity contribution in [2.45, 2.75) is 26.4 Å². The van der Waals surface area contributed by atoms with Crippen LogP contribution in [0.25, 0.3) is 0 Å². The fourth-order valence-electron chi connectivity index (χ4n) is 4.39. The second-order valence-electron chi connectivity index (χ2n) is 8.38. The molecule has 0 saturated carbocycles. The lowest BCUT2D eigenvalue weighted by Gasteiger charge is -2.32. The first-order valence-corrected chi connectivity index (χ1v) is 12.0. The first-order valence-electron chi connectivity index (χ1n) is 12.0. The summed E-state index contributed by atoms with van der Waals surface area (Å²) in [4.78, 5) is 28.8. The van der Waals surface area contributed by atoms with E-state index in [-0.39, 0.29) is 5.91 Å². The predicted octanol–water partition coefficient (Wildman–Crippen LogP) is 4.24. The van der Waals surface area contributed by atoms with Crippen molar-refractivity contribution < 1.29 is 14.3 Å². The third-order valence-electron chi connectivity index (χ3n) is 6.12. The molecule has 8 heteroatoms. The van der Waals surface area contributed by atoms with Crippen LogP contribution in [0.4, 0.5) is 17.1 Å². The van der Waals surface area contributed by atoms with E-state index in [4.69, 9.17) is 9.84 Å². The van der Waals surface area contributed by atoms with Gasteiger partial charge in [0.25, 0.3) is 0 Å². The van der Waals surface area contributed by atoms with Gasteiger partial charge in [-0.15, -0.1) is 0 Å². The first-order chi connectivity index (χ1) is 17.4. The largest absolute Gasteiger partial charge is 0.495 e. The maximum atomic E-state index is 14.1. The summed E-state index contributed by atoms with van der Waals surface area (Å²) in [6, 6.07) is 24.2. The molecule has 36 heavy (non-hydrogen) atoms. The Kier molecular flexibility index (Phi) is 7.24. The van der Waals surface area contributed by atoms with Gasteiger partial charge in [-0.25, -0.2) is 0 Å². The summed E-state index contributed by atoms with van der Waals surface area (Å²) in [6.07, 6.45) is 0. The van der Waals surface area contributed by atoms with Gasteiger partial charge in [0, 0.05) is 37.3 Å². The summed E-state index contributed by atoms with van der Waals surface area (Å²) in [5.74, 6) is -0.270. The zero-order valence-electron chi connectivity index (χ0n) is 21.0. The summed E-state index contributed by atoms with van der Waals surface area (Å²) in [7, 11) is 1.58. The molecule has 0 bridgehead atoms. The van der Waals surface area contributed by atoms with E-state index in [1.165, 1.54) is 11.9 Å². The Hall–Kier alpha value is -4.33. The standard InChI is InChI=1S/C28H31N5O3/c1-5-32(6-2)23-17-18-24(25(19-23)36-4)30-28(29-20(3)34)26(21-13-9-7-10-14-21)31-33(27(28)35)22-15-11-8-12-16-22/h7-19,30H,5-6H2,1-4H3,(H,29,34). The number of carbonyl (C=O) groups is 2. The van der Waals surface area contributed by atoms with Gasteiger partial charge < -0.3 is 20.3 Å². The van der Waals surface area contributed by atoms with Crippen molar-refractivity contribution in [3.05, 3.63) is 84.4 Å². The topological polar surface area (TPSA) is 86.3 Å². The Morgan fingerprint density at radius 2 is 1.64 bits per heavy atom. The number of nitrogens with one attached hydrogen (secondary N) is 2. The van der Waals surface area contributed by atoms with E-state index >= 15 is 0 Å². The quantitative estimate of drug-likeness (QED) is 0.443. The molecule has 8 nitrogen and oxygen atoms in total. The van der Waals surface area contributed by atoms with E-state index in [2.05, 4.69) is 29.4 Å². The number of nitrogens with zero attached hydrogens (tertiary/aromatic N) is 3. The van der Waals surface area contributed by atoms with Gasteiger partial charge in [-0.1, -0.05) is 48.5 Å². The first kappa shape index (κ1) is 24.8. The molecular weight excluding hydrogens is 454 g/mol. The summed E-state index contributed by atoms with van der Waals surface area (Å²) in [5, 5.41) is 12.2. The average molecular weight is 486 g/mol. The highest BCUT2D eigenvalue weighted by atomic mass is 16.5. The number of ether oxygens (including phenoxy) is 1. The molecule has 0 saturated heterocycles. The molecule has 1 unspecified atom stereocenters. The lowest BCUT2D eigenvalue weighted by atomic mass is 9.95. The van der Waals surface area contributed by atoms with E-state index in [1.54, 1.807) is 19.2 Å². The summed E-state index contributed by atoms with van der Waals surface area (Å²) in [6.45, 7) is 7.25. The fraction of sp³-hybridized carbons (Fsp3) is 0.250. The van der Waals surface area contributed by atoms with Crippen LogP contribution in [0.2, 0.25) is 0 Å². The monoisotopic (exact) mass is 485 g/mol. The van der Waals surface area contributed by atoms with Gasteiger partial charge >= 0.3 is 5.91 Å². The van der Waals surface area contributed by atoms with Crippen molar-refractivity contribution in [1.29, 1.82) is 0 Å². The van der Waals surface area contributed by atoms with Crippen LogP contribution in [-0.4, -0.2) is 43.4 Å². The Bertz CT molecular complexity index is 1260. The smallest absolute Gasteiger partial charge is 0.300 e. The zero-order valence-corrected chi connectivity index (χ0v) is 21.0. The van der Waals surface area contributed by atoms with Crippen LogP contribution >= 0.6 is 0 Å². The number of amides is 2. The molecule has 1 atom stereocenters. The minimum absolute atomic E-state index is 0.377. The second-order valence-corrected chi connectivity index (χ2v) is 8.38. The molecule has 0 spiro atoms. The molecule has 0 aliphatic carbocycles. The van der Waals surface area contributed by atoms with Crippen molar-refractivity contribution in [3.8, 4) is 5.75 Å². The Labute approximate surface area is 211 Å². The summed E-state index contributed by atoms with van der Waals surface area (Å²) in [5.41, 5.74) is 1.55. The number of benzene rings is 3. The van der Waals surface area contributed by atoms with Crippen molar-refractivity contribution in [2.24, 2.45) is 5.10 Å². The molecule has 2 N–H and O–H groups in total. The number of hydrogen-bond acceptors (Lipinski definition) is 6. The Balaban J connectivity index is 1.86. The second kappa shape index (κ2) is 10.5. The highest BCUT2D eigenvalue weighted by molar-refractivity contribution is 6.30. The van der Waals surface area contributed by atoms with Crippen LogP contribution in [0.1, 0.15) is 26.3 Å². The van der Waals surface area contributed by atoms with E-state index in [0.717, 1.165) is 18.8 Å². The predicted molar refractivity (Wildman–Crippen MR) is 144 cm³/mol. The number of anilines is 3. The highest BCUT2D eigenvalue weighted by Crippen LogP contribution is 2.36. The number of methoxy groups -OCH3 is 1.